The summed E-state index contributed by atoms with van der Waals surface area (Å²) in [4.78, 5) is 10.2. The molecule has 0 fully saturated rings. The highest BCUT2D eigenvalue weighted by Gasteiger charge is 2.06. The molecule has 10 heavy (non-hydrogen) atoms. The first-order valence-electron chi connectivity index (χ1n) is 3.34. The Morgan fingerprint density at radius 3 is 2.60 bits per heavy atom. The lowest BCUT2D eigenvalue weighted by atomic mass is 10.0. The molecule has 2 heteroatoms. The third-order valence-electron chi connectivity index (χ3n) is 1.45. The SMILES string of the molecule is O=C(O)CC1C=CCC=C1. The average Bonchev–Trinajstić information content (AvgIpc) is 1.88. The Morgan fingerprint density at radius 2 is 2.10 bits per heavy atom. The first-order chi connectivity index (χ1) is 4.79. The Morgan fingerprint density at radius 1 is 1.50 bits per heavy atom. The van der Waals surface area contributed by atoms with E-state index in [0.29, 0.717) is 0 Å². The van der Waals surface area contributed by atoms with Gasteiger partial charge in [-0.15, -0.1) is 0 Å². The second kappa shape index (κ2) is 3.20. The van der Waals surface area contributed by atoms with Gasteiger partial charge in [-0.1, -0.05) is 24.3 Å². The molecule has 0 saturated heterocycles. The summed E-state index contributed by atoms with van der Waals surface area (Å²) in [5.41, 5.74) is 0. The fourth-order valence-corrected chi connectivity index (χ4v) is 0.987. The zero-order valence-electron chi connectivity index (χ0n) is 5.66. The molecule has 0 unspecified atom stereocenters. The second-order valence-electron chi connectivity index (χ2n) is 2.35. The topological polar surface area (TPSA) is 37.3 Å². The predicted molar refractivity (Wildman–Crippen MR) is 38.6 cm³/mol. The molecule has 1 aliphatic carbocycles. The fraction of sp³-hybridized carbons (Fsp3) is 0.375. The summed E-state index contributed by atoms with van der Waals surface area (Å²) < 4.78 is 0. The number of rotatable bonds is 2. The highest BCUT2D eigenvalue weighted by Crippen LogP contribution is 2.12. The lowest BCUT2D eigenvalue weighted by Crippen LogP contribution is -2.03. The summed E-state index contributed by atoms with van der Waals surface area (Å²) in [7, 11) is 0. The highest BCUT2D eigenvalue weighted by atomic mass is 16.4. The molecule has 0 atom stereocenters. The minimum absolute atomic E-state index is 0.117. The summed E-state index contributed by atoms with van der Waals surface area (Å²) in [6.45, 7) is 0. The maximum Gasteiger partial charge on any atom is 0.304 e. The number of allylic oxidation sites excluding steroid dienone is 4. The fourth-order valence-electron chi connectivity index (χ4n) is 0.987. The first-order valence-corrected chi connectivity index (χ1v) is 3.34. The number of carboxylic acid groups (broad SMARTS) is 1. The highest BCUT2D eigenvalue weighted by molar-refractivity contribution is 5.67. The zero-order chi connectivity index (χ0) is 7.40. The van der Waals surface area contributed by atoms with Crippen LogP contribution in [0.1, 0.15) is 12.8 Å². The summed E-state index contributed by atoms with van der Waals surface area (Å²) in [5.74, 6) is -0.618. The number of hydrogen-bond acceptors (Lipinski definition) is 1. The van der Waals surface area contributed by atoms with Gasteiger partial charge in [0.1, 0.15) is 0 Å². The van der Waals surface area contributed by atoms with Crippen LogP contribution in [-0.2, 0) is 4.79 Å². The minimum atomic E-state index is -0.735. The maximum absolute atomic E-state index is 10.2. The van der Waals surface area contributed by atoms with Gasteiger partial charge in [-0.25, -0.2) is 0 Å². The van der Waals surface area contributed by atoms with Crippen molar-refractivity contribution in [3.63, 3.8) is 0 Å². The summed E-state index contributed by atoms with van der Waals surface area (Å²) in [5, 5.41) is 8.40. The number of carbonyl (C=O) groups is 1. The third-order valence-corrected chi connectivity index (χ3v) is 1.45. The van der Waals surface area contributed by atoms with Crippen molar-refractivity contribution in [3.05, 3.63) is 24.3 Å². The summed E-state index contributed by atoms with van der Waals surface area (Å²) in [6.07, 6.45) is 9.02. The largest absolute Gasteiger partial charge is 0.481 e. The van der Waals surface area contributed by atoms with Gasteiger partial charge in [-0.2, -0.15) is 0 Å². The van der Waals surface area contributed by atoms with E-state index in [-0.39, 0.29) is 12.3 Å². The van der Waals surface area contributed by atoms with E-state index in [9.17, 15) is 4.79 Å². The predicted octanol–water partition coefficient (Wildman–Crippen LogP) is 1.59. The lowest BCUT2D eigenvalue weighted by molar-refractivity contribution is -0.137. The van der Waals surface area contributed by atoms with Crippen LogP contribution in [0.2, 0.25) is 0 Å². The minimum Gasteiger partial charge on any atom is -0.481 e. The van der Waals surface area contributed by atoms with Crippen LogP contribution in [0.25, 0.3) is 0 Å². The number of aliphatic carboxylic acids is 1. The van der Waals surface area contributed by atoms with E-state index in [0.717, 1.165) is 6.42 Å². The molecule has 1 N–H and O–H groups in total. The molecule has 0 heterocycles. The molecule has 1 rings (SSSR count). The van der Waals surface area contributed by atoms with Crippen LogP contribution in [0, 0.1) is 5.92 Å². The van der Waals surface area contributed by atoms with E-state index in [4.69, 9.17) is 5.11 Å². The molecular weight excluding hydrogens is 128 g/mol. The van der Waals surface area contributed by atoms with Crippen LogP contribution in [0.5, 0.6) is 0 Å². The Bertz CT molecular complexity index is 168. The van der Waals surface area contributed by atoms with Crippen LogP contribution in [0.4, 0.5) is 0 Å². The zero-order valence-corrected chi connectivity index (χ0v) is 5.66. The Kier molecular flexibility index (Phi) is 2.26. The molecule has 0 radical (unpaired) electrons. The van der Waals surface area contributed by atoms with Gasteiger partial charge in [0.05, 0.1) is 6.42 Å². The lowest BCUT2D eigenvalue weighted by Gasteiger charge is -2.06. The monoisotopic (exact) mass is 138 g/mol. The van der Waals surface area contributed by atoms with Gasteiger partial charge in [0.25, 0.3) is 0 Å². The number of hydrogen-bond donors (Lipinski definition) is 1. The Hall–Kier alpha value is -1.05. The van der Waals surface area contributed by atoms with Crippen molar-refractivity contribution in [3.8, 4) is 0 Å². The molecule has 0 spiro atoms. The molecule has 1 aliphatic rings. The summed E-state index contributed by atoms with van der Waals surface area (Å²) >= 11 is 0. The van der Waals surface area contributed by atoms with Gasteiger partial charge in [-0.05, 0) is 6.42 Å². The van der Waals surface area contributed by atoms with Crippen molar-refractivity contribution in [2.45, 2.75) is 12.8 Å². The molecule has 0 aromatic heterocycles. The molecular formula is C8H10O2. The van der Waals surface area contributed by atoms with E-state index >= 15 is 0 Å². The Balaban J connectivity index is 2.40. The number of carboxylic acids is 1. The maximum atomic E-state index is 10.2. The second-order valence-corrected chi connectivity index (χ2v) is 2.35. The molecule has 0 aliphatic heterocycles. The third kappa shape index (κ3) is 2.05. The van der Waals surface area contributed by atoms with E-state index < -0.39 is 5.97 Å². The van der Waals surface area contributed by atoms with Crippen LogP contribution in [-0.4, -0.2) is 11.1 Å². The van der Waals surface area contributed by atoms with E-state index in [1.807, 2.05) is 24.3 Å². The first kappa shape index (κ1) is 7.06. The quantitative estimate of drug-likeness (QED) is 0.588. The smallest absolute Gasteiger partial charge is 0.304 e. The molecule has 0 aromatic carbocycles. The molecule has 0 aromatic rings. The van der Waals surface area contributed by atoms with E-state index in [2.05, 4.69) is 0 Å². The van der Waals surface area contributed by atoms with Crippen molar-refractivity contribution < 1.29 is 9.90 Å². The standard InChI is InChI=1S/C8H10O2/c9-8(10)6-7-4-2-1-3-5-7/h2-5,7H,1,6H2,(H,9,10). The van der Waals surface area contributed by atoms with Gasteiger partial charge in [0.2, 0.25) is 0 Å². The molecule has 0 bridgehead atoms. The van der Waals surface area contributed by atoms with Crippen LogP contribution in [0.15, 0.2) is 24.3 Å². The van der Waals surface area contributed by atoms with E-state index in [1.54, 1.807) is 0 Å². The van der Waals surface area contributed by atoms with Crippen molar-refractivity contribution in [1.82, 2.24) is 0 Å². The normalized spacial score (nSPS) is 17.6. The molecule has 2 nitrogen and oxygen atoms in total. The van der Waals surface area contributed by atoms with Crippen molar-refractivity contribution in [1.29, 1.82) is 0 Å². The van der Waals surface area contributed by atoms with Crippen LogP contribution < -0.4 is 0 Å². The van der Waals surface area contributed by atoms with Crippen molar-refractivity contribution in [2.24, 2.45) is 5.92 Å². The molecule has 0 amide bonds. The van der Waals surface area contributed by atoms with Gasteiger partial charge < -0.3 is 5.11 Å². The average molecular weight is 138 g/mol. The summed E-state index contributed by atoms with van der Waals surface area (Å²) in [6, 6.07) is 0. The van der Waals surface area contributed by atoms with E-state index in [1.165, 1.54) is 0 Å². The van der Waals surface area contributed by atoms with Crippen molar-refractivity contribution >= 4 is 5.97 Å². The Labute approximate surface area is 59.9 Å². The van der Waals surface area contributed by atoms with Gasteiger partial charge in [-0.3, -0.25) is 4.79 Å². The molecule has 0 saturated carbocycles. The van der Waals surface area contributed by atoms with Gasteiger partial charge in [0.15, 0.2) is 0 Å². The van der Waals surface area contributed by atoms with Gasteiger partial charge >= 0.3 is 5.97 Å². The van der Waals surface area contributed by atoms with Crippen molar-refractivity contribution in [2.75, 3.05) is 0 Å². The van der Waals surface area contributed by atoms with Crippen LogP contribution in [0.3, 0.4) is 0 Å². The molecule has 54 valence electrons. The van der Waals surface area contributed by atoms with Gasteiger partial charge in [0, 0.05) is 5.92 Å². The van der Waals surface area contributed by atoms with Crippen LogP contribution >= 0.6 is 0 Å².